The second kappa shape index (κ2) is 10.6. The van der Waals surface area contributed by atoms with Gasteiger partial charge in [-0.3, -0.25) is 9.59 Å². The Labute approximate surface area is 182 Å². The summed E-state index contributed by atoms with van der Waals surface area (Å²) >= 11 is 5.82. The molecule has 0 bridgehead atoms. The van der Waals surface area contributed by atoms with Gasteiger partial charge >= 0.3 is 0 Å². The lowest BCUT2D eigenvalue weighted by Gasteiger charge is -2.30. The Balaban J connectivity index is 2.17. The van der Waals surface area contributed by atoms with E-state index in [1.807, 2.05) is 30.3 Å². The molecule has 0 saturated heterocycles. The fraction of sp³-hybridized carbons (Fsp3) is 0.333. The van der Waals surface area contributed by atoms with E-state index in [2.05, 4.69) is 5.32 Å². The molecule has 2 amide bonds. The van der Waals surface area contributed by atoms with Crippen molar-refractivity contribution < 1.29 is 18.0 Å². The molecule has 0 heterocycles. The summed E-state index contributed by atoms with van der Waals surface area (Å²) in [5.41, 5.74) is 1.02. The lowest BCUT2D eigenvalue weighted by atomic mass is 10.1. The molecule has 1 N–H and O–H groups in total. The maximum atomic E-state index is 13.0. The van der Waals surface area contributed by atoms with Crippen LogP contribution in [0.4, 0.5) is 0 Å². The van der Waals surface area contributed by atoms with Crippen LogP contribution in [0, 0.1) is 0 Å². The van der Waals surface area contributed by atoms with Gasteiger partial charge in [-0.15, -0.1) is 0 Å². The summed E-state index contributed by atoms with van der Waals surface area (Å²) in [6.45, 7) is 1.52. The predicted molar refractivity (Wildman–Crippen MR) is 117 cm³/mol. The van der Waals surface area contributed by atoms with Gasteiger partial charge < -0.3 is 10.2 Å². The summed E-state index contributed by atoms with van der Waals surface area (Å²) in [5.74, 6) is -0.776. The zero-order valence-corrected chi connectivity index (χ0v) is 18.8. The first-order valence-corrected chi connectivity index (χ1v) is 11.3. The van der Waals surface area contributed by atoms with Crippen molar-refractivity contribution in [2.45, 2.75) is 24.3 Å². The molecule has 0 fully saturated rings. The first-order chi connectivity index (χ1) is 14.2. The Bertz CT molecular complexity index is 966. The van der Waals surface area contributed by atoms with Crippen LogP contribution >= 0.6 is 11.6 Å². The molecule has 0 unspecified atom stereocenters. The van der Waals surface area contributed by atoms with Gasteiger partial charge in [0.2, 0.25) is 21.8 Å². The number of carbonyl (C=O) groups is 2. The highest BCUT2D eigenvalue weighted by atomic mass is 35.5. The second-order valence-corrected chi connectivity index (χ2v) is 9.31. The highest BCUT2D eigenvalue weighted by Crippen LogP contribution is 2.18. The van der Waals surface area contributed by atoms with E-state index in [1.54, 1.807) is 6.92 Å². The maximum absolute atomic E-state index is 13.0. The van der Waals surface area contributed by atoms with Gasteiger partial charge in [-0.1, -0.05) is 41.9 Å². The molecule has 0 aromatic heterocycles. The summed E-state index contributed by atoms with van der Waals surface area (Å²) in [4.78, 5) is 26.6. The fourth-order valence-corrected chi connectivity index (χ4v) is 4.18. The lowest BCUT2D eigenvalue weighted by molar-refractivity contribution is -0.139. The van der Waals surface area contributed by atoms with Gasteiger partial charge in [0.25, 0.3) is 0 Å². The molecule has 1 atom stereocenters. The number of benzene rings is 2. The Hall–Kier alpha value is -2.42. The van der Waals surface area contributed by atoms with E-state index in [1.165, 1.54) is 43.3 Å². The van der Waals surface area contributed by atoms with Crippen molar-refractivity contribution in [2.24, 2.45) is 0 Å². The Morgan fingerprint density at radius 1 is 1.07 bits per heavy atom. The smallest absolute Gasteiger partial charge is 0.243 e. The van der Waals surface area contributed by atoms with Crippen LogP contribution < -0.4 is 5.32 Å². The van der Waals surface area contributed by atoms with E-state index >= 15 is 0 Å². The van der Waals surface area contributed by atoms with Gasteiger partial charge in [-0.05, 0) is 43.2 Å². The van der Waals surface area contributed by atoms with Crippen LogP contribution in [-0.2, 0) is 26.0 Å². The first-order valence-electron chi connectivity index (χ1n) is 9.43. The zero-order valence-electron chi connectivity index (χ0n) is 17.2. The van der Waals surface area contributed by atoms with Crippen LogP contribution in [0.15, 0.2) is 59.5 Å². The topological polar surface area (TPSA) is 86.8 Å². The Morgan fingerprint density at radius 2 is 1.67 bits per heavy atom. The fourth-order valence-electron chi connectivity index (χ4n) is 2.93. The normalized spacial score (nSPS) is 12.4. The lowest BCUT2D eigenvalue weighted by Crippen LogP contribution is -2.51. The number of amides is 2. The van der Waals surface area contributed by atoms with Crippen molar-refractivity contribution in [3.8, 4) is 0 Å². The SMILES string of the molecule is CNC(=O)[C@H](C)N(CCc1ccccc1)C(=O)CN(C)S(=O)(=O)c1ccc(Cl)cc1. The maximum Gasteiger partial charge on any atom is 0.243 e. The molecule has 162 valence electrons. The van der Waals surface area contributed by atoms with Crippen LogP contribution in [0.25, 0.3) is 0 Å². The first kappa shape index (κ1) is 23.9. The van der Waals surface area contributed by atoms with E-state index in [0.717, 1.165) is 9.87 Å². The van der Waals surface area contributed by atoms with E-state index in [0.29, 0.717) is 11.4 Å². The molecule has 0 radical (unpaired) electrons. The minimum Gasteiger partial charge on any atom is -0.357 e. The van der Waals surface area contributed by atoms with Crippen LogP contribution in [0.1, 0.15) is 12.5 Å². The molecule has 30 heavy (non-hydrogen) atoms. The van der Waals surface area contributed by atoms with Crippen molar-refractivity contribution in [3.63, 3.8) is 0 Å². The number of hydrogen-bond donors (Lipinski definition) is 1. The number of nitrogens with zero attached hydrogens (tertiary/aromatic N) is 2. The number of rotatable bonds is 9. The number of sulfonamides is 1. The number of halogens is 1. The molecule has 0 aliphatic rings. The molecule has 2 aromatic rings. The van der Waals surface area contributed by atoms with Gasteiger partial charge in [0.15, 0.2) is 0 Å². The van der Waals surface area contributed by atoms with Crippen molar-refractivity contribution in [1.29, 1.82) is 0 Å². The van der Waals surface area contributed by atoms with E-state index in [9.17, 15) is 18.0 Å². The van der Waals surface area contributed by atoms with Crippen molar-refractivity contribution in [2.75, 3.05) is 27.2 Å². The third-order valence-corrected chi connectivity index (χ3v) is 6.85. The highest BCUT2D eigenvalue weighted by molar-refractivity contribution is 7.89. The minimum absolute atomic E-state index is 0.0392. The predicted octanol–water partition coefficient (Wildman–Crippen LogP) is 2.17. The van der Waals surface area contributed by atoms with Crippen molar-refractivity contribution in [3.05, 3.63) is 65.2 Å². The number of nitrogens with one attached hydrogen (secondary N) is 1. The van der Waals surface area contributed by atoms with Crippen molar-refractivity contribution in [1.82, 2.24) is 14.5 Å². The molecule has 0 spiro atoms. The van der Waals surface area contributed by atoms with Gasteiger partial charge in [-0.25, -0.2) is 8.42 Å². The quantitative estimate of drug-likeness (QED) is 0.633. The van der Waals surface area contributed by atoms with Gasteiger partial charge in [0.05, 0.1) is 11.4 Å². The molecule has 7 nitrogen and oxygen atoms in total. The average molecular weight is 452 g/mol. The van der Waals surface area contributed by atoms with E-state index in [-0.39, 0.29) is 23.9 Å². The van der Waals surface area contributed by atoms with Gasteiger partial charge in [-0.2, -0.15) is 4.31 Å². The summed E-state index contributed by atoms with van der Waals surface area (Å²) in [7, 11) is -1.05. The van der Waals surface area contributed by atoms with E-state index < -0.39 is 22.0 Å². The Kier molecular flexibility index (Phi) is 8.40. The summed E-state index contributed by atoms with van der Waals surface area (Å²) < 4.78 is 26.5. The molecule has 9 heteroatoms. The van der Waals surface area contributed by atoms with Crippen LogP contribution in [0.3, 0.4) is 0 Å². The van der Waals surface area contributed by atoms with Crippen molar-refractivity contribution >= 4 is 33.4 Å². The monoisotopic (exact) mass is 451 g/mol. The minimum atomic E-state index is -3.88. The standard InChI is InChI=1S/C21H26ClN3O4S/c1-16(21(27)23-2)25(14-13-17-7-5-4-6-8-17)20(26)15-24(3)30(28,29)19-11-9-18(22)10-12-19/h4-12,16H,13-15H2,1-3H3,(H,23,27)/t16-/m0/s1. The molecule has 0 aliphatic carbocycles. The highest BCUT2D eigenvalue weighted by Gasteiger charge is 2.29. The Morgan fingerprint density at radius 3 is 2.23 bits per heavy atom. The number of likely N-dealkylation sites (N-methyl/N-ethyl adjacent to an activating group) is 2. The zero-order chi connectivity index (χ0) is 22.3. The molecular formula is C21H26ClN3O4S. The van der Waals surface area contributed by atoms with Crippen LogP contribution in [0.5, 0.6) is 0 Å². The third-order valence-electron chi connectivity index (χ3n) is 4.78. The largest absolute Gasteiger partial charge is 0.357 e. The van der Waals surface area contributed by atoms with Gasteiger partial charge in [0.1, 0.15) is 6.04 Å². The summed E-state index contributed by atoms with van der Waals surface area (Å²) in [6.07, 6.45) is 0.543. The third kappa shape index (κ3) is 6.04. The van der Waals surface area contributed by atoms with Crippen LogP contribution in [0.2, 0.25) is 5.02 Å². The average Bonchev–Trinajstić information content (AvgIpc) is 2.74. The molecule has 2 aromatic carbocycles. The summed E-state index contributed by atoms with van der Waals surface area (Å²) in [6, 6.07) is 14.6. The van der Waals surface area contributed by atoms with E-state index in [4.69, 9.17) is 11.6 Å². The molecule has 2 rings (SSSR count). The van der Waals surface area contributed by atoms with Gasteiger partial charge in [0, 0.05) is 25.7 Å². The van der Waals surface area contributed by atoms with Crippen LogP contribution in [-0.4, -0.2) is 62.7 Å². The second-order valence-electron chi connectivity index (χ2n) is 6.83. The molecule has 0 saturated carbocycles. The number of hydrogen-bond acceptors (Lipinski definition) is 4. The summed E-state index contributed by atoms with van der Waals surface area (Å²) in [5, 5.41) is 2.95. The molecule has 0 aliphatic heterocycles. The number of carbonyl (C=O) groups excluding carboxylic acids is 2. The molecular weight excluding hydrogens is 426 g/mol.